The largest absolute Gasteiger partial charge is 0.493 e. The normalized spacial score (nSPS) is 16.3. The van der Waals surface area contributed by atoms with Crippen molar-refractivity contribution in [3.63, 3.8) is 0 Å². The first-order valence-electron chi connectivity index (χ1n) is 6.49. The van der Waals surface area contributed by atoms with Gasteiger partial charge in [-0.05, 0) is 12.1 Å². The molecule has 2 rings (SSSR count). The molecular weight excluding hydrogens is 314 g/mol. The lowest BCUT2D eigenvalue weighted by atomic mass is 10.2. The van der Waals surface area contributed by atoms with Gasteiger partial charge in [0.1, 0.15) is 4.90 Å². The van der Waals surface area contributed by atoms with Gasteiger partial charge in [-0.3, -0.25) is 0 Å². The topological polar surface area (TPSA) is 102 Å². The van der Waals surface area contributed by atoms with Gasteiger partial charge >= 0.3 is 5.97 Å². The maximum atomic E-state index is 12.8. The van der Waals surface area contributed by atoms with Gasteiger partial charge in [-0.25, -0.2) is 13.2 Å². The number of benzene rings is 1. The second-order valence-corrected chi connectivity index (χ2v) is 6.44. The molecule has 0 aromatic heterocycles. The molecule has 1 fully saturated rings. The Hall–Kier alpha value is -1.84. The third kappa shape index (κ3) is 3.01. The first kappa shape index (κ1) is 16.5. The van der Waals surface area contributed by atoms with Gasteiger partial charge in [0.2, 0.25) is 10.0 Å². The van der Waals surface area contributed by atoms with Crippen LogP contribution in [-0.4, -0.2) is 64.3 Å². The van der Waals surface area contributed by atoms with Crippen molar-refractivity contribution in [2.45, 2.75) is 4.90 Å². The molecule has 8 nitrogen and oxygen atoms in total. The summed E-state index contributed by atoms with van der Waals surface area (Å²) in [7, 11) is -1.29. The number of sulfonamides is 1. The lowest BCUT2D eigenvalue weighted by Crippen LogP contribution is -2.40. The van der Waals surface area contributed by atoms with Crippen LogP contribution in [0.1, 0.15) is 10.4 Å². The zero-order valence-corrected chi connectivity index (χ0v) is 13.1. The molecule has 1 saturated heterocycles. The van der Waals surface area contributed by atoms with Crippen LogP contribution in [0.3, 0.4) is 0 Å². The maximum Gasteiger partial charge on any atom is 0.335 e. The summed E-state index contributed by atoms with van der Waals surface area (Å²) in [5.74, 6) is -1.22. The number of ether oxygens (including phenoxy) is 3. The number of aromatic carboxylic acids is 1. The van der Waals surface area contributed by atoms with E-state index in [0.29, 0.717) is 0 Å². The van der Waals surface area contributed by atoms with Crippen LogP contribution in [0.5, 0.6) is 11.5 Å². The number of methoxy groups -OCH3 is 2. The van der Waals surface area contributed by atoms with Crippen LogP contribution in [0, 0.1) is 0 Å². The first-order valence-corrected chi connectivity index (χ1v) is 7.93. The lowest BCUT2D eigenvalue weighted by molar-refractivity contribution is 0.0695. The summed E-state index contributed by atoms with van der Waals surface area (Å²) in [6.45, 7) is 0.977. The van der Waals surface area contributed by atoms with Crippen molar-refractivity contribution in [1.29, 1.82) is 0 Å². The van der Waals surface area contributed by atoms with Crippen molar-refractivity contribution in [1.82, 2.24) is 4.31 Å². The fourth-order valence-corrected chi connectivity index (χ4v) is 3.77. The van der Waals surface area contributed by atoms with E-state index >= 15 is 0 Å². The highest BCUT2D eigenvalue weighted by atomic mass is 32.2. The Labute approximate surface area is 128 Å². The van der Waals surface area contributed by atoms with Crippen LogP contribution in [0.4, 0.5) is 0 Å². The molecule has 1 aromatic carbocycles. The molecule has 0 aliphatic carbocycles. The highest BCUT2D eigenvalue weighted by Crippen LogP contribution is 2.37. The fraction of sp³-hybridized carbons (Fsp3) is 0.462. The third-order valence-corrected chi connectivity index (χ3v) is 5.18. The van der Waals surface area contributed by atoms with Crippen LogP contribution in [-0.2, 0) is 14.8 Å². The van der Waals surface area contributed by atoms with Crippen LogP contribution < -0.4 is 9.47 Å². The highest BCUT2D eigenvalue weighted by molar-refractivity contribution is 7.89. The number of rotatable bonds is 5. The summed E-state index contributed by atoms with van der Waals surface area (Å²) >= 11 is 0. The van der Waals surface area contributed by atoms with Gasteiger partial charge in [0, 0.05) is 13.1 Å². The van der Waals surface area contributed by atoms with Crippen LogP contribution in [0.25, 0.3) is 0 Å². The van der Waals surface area contributed by atoms with E-state index < -0.39 is 16.0 Å². The van der Waals surface area contributed by atoms with Crippen molar-refractivity contribution in [2.75, 3.05) is 40.5 Å². The summed E-state index contributed by atoms with van der Waals surface area (Å²) in [6, 6.07) is 2.30. The van der Waals surface area contributed by atoms with Crippen molar-refractivity contribution < 1.29 is 32.5 Å². The quantitative estimate of drug-likeness (QED) is 0.834. The van der Waals surface area contributed by atoms with Crippen LogP contribution in [0.2, 0.25) is 0 Å². The first-order chi connectivity index (χ1) is 10.4. The summed E-state index contributed by atoms with van der Waals surface area (Å²) in [5.41, 5.74) is -0.190. The zero-order valence-electron chi connectivity index (χ0n) is 12.2. The molecule has 0 spiro atoms. The Kier molecular flexibility index (Phi) is 4.89. The van der Waals surface area contributed by atoms with Gasteiger partial charge in [-0.1, -0.05) is 0 Å². The molecule has 122 valence electrons. The fourth-order valence-electron chi connectivity index (χ4n) is 2.17. The molecule has 1 heterocycles. The summed E-state index contributed by atoms with van der Waals surface area (Å²) in [5, 5.41) is 9.14. The van der Waals surface area contributed by atoms with Crippen molar-refractivity contribution in [3.05, 3.63) is 17.7 Å². The number of nitrogens with zero attached hydrogens (tertiary/aromatic N) is 1. The molecule has 0 saturated carbocycles. The summed E-state index contributed by atoms with van der Waals surface area (Å²) < 4.78 is 42.1. The van der Waals surface area contributed by atoms with Crippen LogP contribution >= 0.6 is 0 Å². The number of carboxylic acid groups (broad SMARTS) is 1. The van der Waals surface area contributed by atoms with Gasteiger partial charge < -0.3 is 19.3 Å². The summed E-state index contributed by atoms with van der Waals surface area (Å²) in [6.07, 6.45) is 0. The third-order valence-electron chi connectivity index (χ3n) is 3.28. The van der Waals surface area contributed by atoms with Crippen molar-refractivity contribution in [2.24, 2.45) is 0 Å². The van der Waals surface area contributed by atoms with Gasteiger partial charge in [-0.2, -0.15) is 4.31 Å². The second kappa shape index (κ2) is 6.51. The molecule has 0 bridgehead atoms. The Morgan fingerprint density at radius 3 is 2.36 bits per heavy atom. The summed E-state index contributed by atoms with van der Waals surface area (Å²) in [4.78, 5) is 11.0. The second-order valence-electron chi connectivity index (χ2n) is 4.53. The van der Waals surface area contributed by atoms with Crippen LogP contribution in [0.15, 0.2) is 17.0 Å². The van der Waals surface area contributed by atoms with Gasteiger partial charge in [0.05, 0.1) is 33.0 Å². The molecule has 9 heteroatoms. The minimum atomic E-state index is -3.91. The Morgan fingerprint density at radius 2 is 1.86 bits per heavy atom. The van der Waals surface area contributed by atoms with Gasteiger partial charge in [0.15, 0.2) is 11.5 Å². The maximum absolute atomic E-state index is 12.8. The zero-order chi connectivity index (χ0) is 16.3. The average molecular weight is 331 g/mol. The Bertz CT molecular complexity index is 665. The van der Waals surface area contributed by atoms with E-state index in [1.54, 1.807) is 0 Å². The molecule has 1 aromatic rings. The predicted molar refractivity (Wildman–Crippen MR) is 76.1 cm³/mol. The van der Waals surface area contributed by atoms with E-state index in [0.717, 1.165) is 6.07 Å². The van der Waals surface area contributed by atoms with Gasteiger partial charge in [0.25, 0.3) is 0 Å². The van der Waals surface area contributed by atoms with Crippen molar-refractivity contribution >= 4 is 16.0 Å². The predicted octanol–water partition coefficient (Wildman–Crippen LogP) is 0.423. The van der Waals surface area contributed by atoms with E-state index in [2.05, 4.69) is 0 Å². The molecule has 0 atom stereocenters. The smallest absolute Gasteiger partial charge is 0.335 e. The minimum absolute atomic E-state index is 0.0148. The molecule has 0 unspecified atom stereocenters. The van der Waals surface area contributed by atoms with E-state index in [1.807, 2.05) is 0 Å². The molecule has 1 aliphatic rings. The molecular formula is C13H17NO7S. The van der Waals surface area contributed by atoms with E-state index in [4.69, 9.17) is 19.3 Å². The number of carboxylic acids is 1. The standard InChI is InChI=1S/C13H17NO7S/c1-19-10-7-9(13(15)16)8-11(12(10)20-2)22(17,18)14-3-5-21-6-4-14/h7-8H,3-6H2,1-2H3,(H,15,16). The molecule has 0 radical (unpaired) electrons. The SMILES string of the molecule is COc1cc(C(=O)O)cc(S(=O)(=O)N2CCOCC2)c1OC. The van der Waals surface area contributed by atoms with Gasteiger partial charge in [-0.15, -0.1) is 0 Å². The van der Waals surface area contributed by atoms with E-state index in [-0.39, 0.29) is 48.3 Å². The molecule has 22 heavy (non-hydrogen) atoms. The highest BCUT2D eigenvalue weighted by Gasteiger charge is 2.32. The van der Waals surface area contributed by atoms with E-state index in [9.17, 15) is 13.2 Å². The number of hydrogen-bond acceptors (Lipinski definition) is 6. The number of morpholine rings is 1. The molecule has 1 aliphatic heterocycles. The van der Waals surface area contributed by atoms with E-state index in [1.165, 1.54) is 24.6 Å². The number of carbonyl (C=O) groups is 1. The molecule has 0 amide bonds. The molecule has 1 N–H and O–H groups in total. The minimum Gasteiger partial charge on any atom is -0.493 e. The average Bonchev–Trinajstić information content (AvgIpc) is 2.54. The number of hydrogen-bond donors (Lipinski definition) is 1. The Morgan fingerprint density at radius 1 is 1.23 bits per heavy atom. The van der Waals surface area contributed by atoms with Crippen molar-refractivity contribution in [3.8, 4) is 11.5 Å². The lowest BCUT2D eigenvalue weighted by Gasteiger charge is -2.27. The monoisotopic (exact) mass is 331 g/mol. The Balaban J connectivity index is 2.60.